The molecule has 0 aromatic carbocycles. The van der Waals surface area contributed by atoms with Gasteiger partial charge in [-0.15, -0.1) is 24.0 Å². The van der Waals surface area contributed by atoms with E-state index in [0.29, 0.717) is 5.92 Å². The summed E-state index contributed by atoms with van der Waals surface area (Å²) >= 11 is 0. The number of nitrogens with zero attached hydrogens (tertiary/aromatic N) is 5. The van der Waals surface area contributed by atoms with Crippen LogP contribution in [0.25, 0.3) is 0 Å². The molecule has 0 amide bonds. The Balaban J connectivity index is 0.00000392. The molecule has 2 heterocycles. The molecule has 1 saturated heterocycles. The number of aromatic nitrogens is 2. The van der Waals surface area contributed by atoms with Gasteiger partial charge in [0.15, 0.2) is 5.96 Å². The maximum absolute atomic E-state index is 4.62. The monoisotopic (exact) mass is 504 g/mol. The number of rotatable bonds is 6. The number of piperidine rings is 1. The van der Waals surface area contributed by atoms with E-state index in [1.165, 1.54) is 37.2 Å². The first kappa shape index (κ1) is 25.2. The van der Waals surface area contributed by atoms with Crippen LogP contribution in [0, 0.1) is 5.92 Å². The van der Waals surface area contributed by atoms with Crippen molar-refractivity contribution in [1.29, 1.82) is 0 Å². The molecule has 1 aromatic heterocycles. The normalized spacial score (nSPS) is 18.9. The summed E-state index contributed by atoms with van der Waals surface area (Å²) in [5.74, 6) is 2.15. The molecule has 1 atom stereocenters. The van der Waals surface area contributed by atoms with Crippen LogP contribution in [0.3, 0.4) is 0 Å². The first-order chi connectivity index (χ1) is 12.6. The van der Waals surface area contributed by atoms with Gasteiger partial charge in [-0.2, -0.15) is 5.10 Å². The van der Waals surface area contributed by atoms with Gasteiger partial charge in [-0.05, 0) is 45.1 Å². The third-order valence-corrected chi connectivity index (χ3v) is 5.66. The molecule has 162 valence electrons. The molecule has 2 rings (SSSR count). The molecule has 28 heavy (non-hydrogen) atoms. The van der Waals surface area contributed by atoms with Crippen LogP contribution in [0.1, 0.15) is 64.6 Å². The molecule has 1 unspecified atom stereocenters. The Morgan fingerprint density at radius 3 is 2.68 bits per heavy atom. The largest absolute Gasteiger partial charge is 0.354 e. The van der Waals surface area contributed by atoms with E-state index >= 15 is 0 Å². The van der Waals surface area contributed by atoms with E-state index in [-0.39, 0.29) is 29.5 Å². The molecular formula is C21H41IN6. The van der Waals surface area contributed by atoms with Gasteiger partial charge in [0.25, 0.3) is 0 Å². The standard InChI is InChI=1S/C21H40N6.HI/c1-16(2)19-18(14-26(8)24-19)13-25(7)20(22-6)23-15-21(4,5)27-11-9-10-17(3)12-27;/h14,16-17H,9-13,15H2,1-8H3,(H,22,23);1H. The number of aryl methyl sites for hydroxylation is 1. The zero-order valence-electron chi connectivity index (χ0n) is 19.1. The van der Waals surface area contributed by atoms with Crippen LogP contribution < -0.4 is 5.32 Å². The first-order valence-electron chi connectivity index (χ1n) is 10.3. The number of hydrogen-bond donors (Lipinski definition) is 1. The second-order valence-corrected chi connectivity index (χ2v) is 9.13. The molecule has 1 fully saturated rings. The first-order valence-corrected chi connectivity index (χ1v) is 10.3. The number of likely N-dealkylation sites (tertiary alicyclic amines) is 1. The quantitative estimate of drug-likeness (QED) is 0.365. The maximum atomic E-state index is 4.62. The van der Waals surface area contributed by atoms with Crippen molar-refractivity contribution in [2.75, 3.05) is 33.7 Å². The van der Waals surface area contributed by atoms with Crippen LogP contribution in [0.4, 0.5) is 0 Å². The minimum Gasteiger partial charge on any atom is -0.354 e. The van der Waals surface area contributed by atoms with Gasteiger partial charge in [0.2, 0.25) is 0 Å². The smallest absolute Gasteiger partial charge is 0.193 e. The van der Waals surface area contributed by atoms with Crippen LogP contribution in [-0.2, 0) is 13.6 Å². The van der Waals surface area contributed by atoms with Crippen LogP contribution in [0.2, 0.25) is 0 Å². The summed E-state index contributed by atoms with van der Waals surface area (Å²) in [6, 6.07) is 0. The summed E-state index contributed by atoms with van der Waals surface area (Å²) in [4.78, 5) is 9.33. The second-order valence-electron chi connectivity index (χ2n) is 9.13. The van der Waals surface area contributed by atoms with E-state index in [0.717, 1.165) is 25.0 Å². The number of guanidine groups is 1. The van der Waals surface area contributed by atoms with E-state index in [9.17, 15) is 0 Å². The van der Waals surface area contributed by atoms with E-state index in [4.69, 9.17) is 0 Å². The van der Waals surface area contributed by atoms with Gasteiger partial charge >= 0.3 is 0 Å². The second kappa shape index (κ2) is 10.8. The van der Waals surface area contributed by atoms with Gasteiger partial charge in [-0.3, -0.25) is 14.6 Å². The molecule has 1 aromatic rings. The topological polar surface area (TPSA) is 48.7 Å². The molecule has 0 bridgehead atoms. The average Bonchev–Trinajstić information content (AvgIpc) is 2.96. The van der Waals surface area contributed by atoms with Crippen molar-refractivity contribution in [3.05, 3.63) is 17.5 Å². The third kappa shape index (κ3) is 6.61. The fourth-order valence-electron chi connectivity index (χ4n) is 4.02. The molecule has 1 aliphatic rings. The SMILES string of the molecule is CN=C(NCC(C)(C)N1CCCC(C)C1)N(C)Cc1cn(C)nc1C(C)C.I. The summed E-state index contributed by atoms with van der Waals surface area (Å²) in [5, 5.41) is 8.23. The highest BCUT2D eigenvalue weighted by atomic mass is 127. The van der Waals surface area contributed by atoms with Crippen molar-refractivity contribution >= 4 is 29.9 Å². The van der Waals surface area contributed by atoms with Crippen molar-refractivity contribution in [1.82, 2.24) is 24.9 Å². The van der Waals surface area contributed by atoms with Crippen molar-refractivity contribution in [2.45, 2.75) is 65.5 Å². The lowest BCUT2D eigenvalue weighted by Gasteiger charge is -2.43. The van der Waals surface area contributed by atoms with Crippen molar-refractivity contribution in [2.24, 2.45) is 18.0 Å². The Morgan fingerprint density at radius 2 is 2.11 bits per heavy atom. The molecule has 1 N–H and O–H groups in total. The predicted molar refractivity (Wildman–Crippen MR) is 130 cm³/mol. The summed E-state index contributed by atoms with van der Waals surface area (Å²) in [5.41, 5.74) is 2.55. The van der Waals surface area contributed by atoms with Gasteiger partial charge in [0.1, 0.15) is 0 Å². The van der Waals surface area contributed by atoms with Crippen molar-refractivity contribution in [3.8, 4) is 0 Å². The summed E-state index contributed by atoms with van der Waals surface area (Å²) in [6.07, 6.45) is 4.78. The van der Waals surface area contributed by atoms with Crippen LogP contribution >= 0.6 is 24.0 Å². The minimum absolute atomic E-state index is 0. The van der Waals surface area contributed by atoms with Gasteiger partial charge in [0.05, 0.1) is 5.69 Å². The van der Waals surface area contributed by atoms with Gasteiger partial charge in [0, 0.05) is 58.1 Å². The Hall–Kier alpha value is -0.830. The van der Waals surface area contributed by atoms with Gasteiger partial charge in [-0.1, -0.05) is 20.8 Å². The van der Waals surface area contributed by atoms with Gasteiger partial charge in [-0.25, -0.2) is 0 Å². The molecule has 1 aliphatic heterocycles. The van der Waals surface area contributed by atoms with E-state index < -0.39 is 0 Å². The highest BCUT2D eigenvalue weighted by molar-refractivity contribution is 14.0. The van der Waals surface area contributed by atoms with Crippen LogP contribution in [0.5, 0.6) is 0 Å². The summed E-state index contributed by atoms with van der Waals surface area (Å²) in [7, 11) is 5.95. The Morgan fingerprint density at radius 1 is 1.43 bits per heavy atom. The predicted octanol–water partition coefficient (Wildman–Crippen LogP) is 3.68. The Kier molecular flexibility index (Phi) is 9.73. The highest BCUT2D eigenvalue weighted by Gasteiger charge is 2.30. The highest BCUT2D eigenvalue weighted by Crippen LogP contribution is 2.23. The zero-order valence-corrected chi connectivity index (χ0v) is 21.4. The molecular weight excluding hydrogens is 463 g/mol. The van der Waals surface area contributed by atoms with E-state index in [1.54, 1.807) is 0 Å². The van der Waals surface area contributed by atoms with Crippen LogP contribution in [0.15, 0.2) is 11.2 Å². The van der Waals surface area contributed by atoms with E-state index in [2.05, 4.69) is 73.1 Å². The molecule has 0 aliphatic carbocycles. The fraction of sp³-hybridized carbons (Fsp3) is 0.810. The van der Waals surface area contributed by atoms with E-state index in [1.807, 2.05) is 18.8 Å². The number of hydrogen-bond acceptors (Lipinski definition) is 3. The molecule has 6 nitrogen and oxygen atoms in total. The van der Waals surface area contributed by atoms with Gasteiger partial charge < -0.3 is 10.2 Å². The van der Waals surface area contributed by atoms with Crippen molar-refractivity contribution in [3.63, 3.8) is 0 Å². The summed E-state index contributed by atoms with van der Waals surface area (Å²) < 4.78 is 1.91. The Labute approximate surface area is 189 Å². The Bertz CT molecular complexity index is 637. The molecule has 0 saturated carbocycles. The lowest BCUT2D eigenvalue weighted by molar-refractivity contribution is 0.0735. The maximum Gasteiger partial charge on any atom is 0.193 e. The lowest BCUT2D eigenvalue weighted by atomic mass is 9.93. The molecule has 0 spiro atoms. The molecule has 0 radical (unpaired) electrons. The minimum atomic E-state index is 0. The third-order valence-electron chi connectivity index (χ3n) is 5.66. The average molecular weight is 505 g/mol. The number of aliphatic imine (C=N–C) groups is 1. The number of halogens is 1. The number of nitrogens with one attached hydrogen (secondary N) is 1. The summed E-state index contributed by atoms with van der Waals surface area (Å²) in [6.45, 7) is 15.5. The fourth-order valence-corrected chi connectivity index (χ4v) is 4.02. The van der Waals surface area contributed by atoms with Crippen LogP contribution in [-0.4, -0.2) is 64.8 Å². The van der Waals surface area contributed by atoms with Crippen molar-refractivity contribution < 1.29 is 0 Å². The lowest BCUT2D eigenvalue weighted by Crippen LogP contribution is -2.56. The zero-order chi connectivity index (χ0) is 20.2. The molecule has 7 heteroatoms.